The van der Waals surface area contributed by atoms with E-state index in [9.17, 15) is 0 Å². The van der Waals surface area contributed by atoms with E-state index in [-0.39, 0.29) is 0 Å². The molecule has 0 N–H and O–H groups in total. The zero-order valence-electron chi connectivity index (χ0n) is 10.0. The van der Waals surface area contributed by atoms with Crippen molar-refractivity contribution in [2.24, 2.45) is 0 Å². The van der Waals surface area contributed by atoms with E-state index in [1.165, 1.54) is 0 Å². The Morgan fingerprint density at radius 1 is 1.59 bits per heavy atom. The summed E-state index contributed by atoms with van der Waals surface area (Å²) in [6.07, 6.45) is 2.74. The van der Waals surface area contributed by atoms with E-state index in [0.717, 1.165) is 25.3 Å². The van der Waals surface area contributed by atoms with Gasteiger partial charge >= 0.3 is 0 Å². The summed E-state index contributed by atoms with van der Waals surface area (Å²) >= 11 is 6.18. The Morgan fingerprint density at radius 3 is 2.94 bits per heavy atom. The highest BCUT2D eigenvalue weighted by Crippen LogP contribution is 2.29. The molecule has 0 amide bonds. The van der Waals surface area contributed by atoms with Crippen LogP contribution in [0.2, 0.25) is 5.02 Å². The van der Waals surface area contributed by atoms with Crippen LogP contribution in [0.4, 0.5) is 5.82 Å². The van der Waals surface area contributed by atoms with E-state index >= 15 is 0 Å². The van der Waals surface area contributed by atoms with Gasteiger partial charge in [0.2, 0.25) is 0 Å². The molecule has 2 heterocycles. The second-order valence-electron chi connectivity index (χ2n) is 4.46. The smallest absolute Gasteiger partial charge is 0.148 e. The monoisotopic (exact) mass is 250 g/mol. The molecule has 1 fully saturated rings. The lowest BCUT2D eigenvalue weighted by atomic mass is 10.2. The van der Waals surface area contributed by atoms with Gasteiger partial charge in [0.1, 0.15) is 16.9 Å². The second kappa shape index (κ2) is 4.91. The maximum Gasteiger partial charge on any atom is 0.148 e. The molecule has 4 nitrogen and oxygen atoms in total. The summed E-state index contributed by atoms with van der Waals surface area (Å²) in [7, 11) is 4.16. The van der Waals surface area contributed by atoms with Crippen LogP contribution in [0.3, 0.4) is 0 Å². The molecule has 1 aliphatic heterocycles. The number of hydrogen-bond acceptors (Lipinski definition) is 4. The average Bonchev–Trinajstić information content (AvgIpc) is 2.78. The summed E-state index contributed by atoms with van der Waals surface area (Å²) in [6, 6.07) is 4.25. The highest BCUT2D eigenvalue weighted by Gasteiger charge is 2.26. The van der Waals surface area contributed by atoms with E-state index in [4.69, 9.17) is 16.9 Å². The number of nitrogens with zero attached hydrogens (tertiary/aromatic N) is 4. The number of nitriles is 1. The van der Waals surface area contributed by atoms with Crippen LogP contribution < -0.4 is 4.90 Å². The molecule has 1 aromatic heterocycles. The van der Waals surface area contributed by atoms with Crippen LogP contribution in [-0.4, -0.2) is 43.1 Å². The van der Waals surface area contributed by atoms with Gasteiger partial charge in [-0.2, -0.15) is 5.26 Å². The molecular weight excluding hydrogens is 236 g/mol. The highest BCUT2D eigenvalue weighted by molar-refractivity contribution is 6.34. The summed E-state index contributed by atoms with van der Waals surface area (Å²) in [5.74, 6) is 0.732. The summed E-state index contributed by atoms with van der Waals surface area (Å²) in [6.45, 7) is 1.85. The minimum atomic E-state index is 0.467. The Labute approximate surface area is 106 Å². The third-order valence-corrected chi connectivity index (χ3v) is 3.56. The molecule has 0 aromatic carbocycles. The van der Waals surface area contributed by atoms with Gasteiger partial charge < -0.3 is 9.80 Å². The van der Waals surface area contributed by atoms with E-state index in [0.29, 0.717) is 16.6 Å². The number of anilines is 1. The molecule has 2 rings (SSSR count). The maximum absolute atomic E-state index is 8.94. The van der Waals surface area contributed by atoms with Crippen molar-refractivity contribution in [1.82, 2.24) is 9.88 Å². The fourth-order valence-electron chi connectivity index (χ4n) is 2.10. The maximum atomic E-state index is 8.94. The Morgan fingerprint density at radius 2 is 2.35 bits per heavy atom. The zero-order valence-corrected chi connectivity index (χ0v) is 10.8. The summed E-state index contributed by atoms with van der Waals surface area (Å²) in [4.78, 5) is 8.64. The molecule has 1 atom stereocenters. The van der Waals surface area contributed by atoms with Crippen LogP contribution in [-0.2, 0) is 0 Å². The lowest BCUT2D eigenvalue weighted by molar-refractivity contribution is 0.315. The van der Waals surface area contributed by atoms with Crippen LogP contribution in [0, 0.1) is 11.3 Å². The molecule has 1 unspecified atom stereocenters. The predicted octanol–water partition coefficient (Wildman–Crippen LogP) is 1.75. The quantitative estimate of drug-likeness (QED) is 0.802. The minimum absolute atomic E-state index is 0.467. The molecule has 0 radical (unpaired) electrons. The molecule has 1 aromatic rings. The molecule has 90 valence electrons. The van der Waals surface area contributed by atoms with Gasteiger partial charge in [-0.15, -0.1) is 0 Å². The molecule has 0 bridgehead atoms. The van der Waals surface area contributed by atoms with Gasteiger partial charge in [-0.05, 0) is 26.6 Å². The molecule has 0 saturated carbocycles. The van der Waals surface area contributed by atoms with Crippen molar-refractivity contribution >= 4 is 17.4 Å². The zero-order chi connectivity index (χ0) is 12.4. The largest absolute Gasteiger partial charge is 0.354 e. The molecule has 1 aliphatic rings. The van der Waals surface area contributed by atoms with Crippen molar-refractivity contribution in [1.29, 1.82) is 5.26 Å². The van der Waals surface area contributed by atoms with Crippen LogP contribution in [0.5, 0.6) is 0 Å². The van der Waals surface area contributed by atoms with Crippen molar-refractivity contribution in [3.63, 3.8) is 0 Å². The van der Waals surface area contributed by atoms with Crippen molar-refractivity contribution in [3.05, 3.63) is 22.8 Å². The molecule has 17 heavy (non-hydrogen) atoms. The lowest BCUT2D eigenvalue weighted by Crippen LogP contribution is -2.31. The van der Waals surface area contributed by atoms with Crippen molar-refractivity contribution < 1.29 is 0 Å². The Kier molecular flexibility index (Phi) is 3.51. The van der Waals surface area contributed by atoms with Crippen LogP contribution in [0.1, 0.15) is 12.0 Å². The van der Waals surface area contributed by atoms with Gasteiger partial charge in [0.25, 0.3) is 0 Å². The first-order chi connectivity index (χ1) is 8.13. The van der Waals surface area contributed by atoms with E-state index < -0.39 is 0 Å². The Bertz CT molecular complexity index is 452. The third kappa shape index (κ3) is 2.36. The summed E-state index contributed by atoms with van der Waals surface area (Å²) < 4.78 is 0. The lowest BCUT2D eigenvalue weighted by Gasteiger charge is -2.21. The first-order valence-electron chi connectivity index (χ1n) is 5.59. The van der Waals surface area contributed by atoms with Gasteiger partial charge in [-0.1, -0.05) is 11.6 Å². The molecule has 5 heteroatoms. The van der Waals surface area contributed by atoms with Gasteiger partial charge in [0.05, 0.1) is 5.56 Å². The second-order valence-corrected chi connectivity index (χ2v) is 4.84. The van der Waals surface area contributed by atoms with Gasteiger partial charge in [0.15, 0.2) is 0 Å². The van der Waals surface area contributed by atoms with Crippen molar-refractivity contribution in [2.75, 3.05) is 32.1 Å². The van der Waals surface area contributed by atoms with Gasteiger partial charge in [-0.25, -0.2) is 4.98 Å². The van der Waals surface area contributed by atoms with Crippen molar-refractivity contribution in [2.45, 2.75) is 12.5 Å². The van der Waals surface area contributed by atoms with Gasteiger partial charge in [-0.3, -0.25) is 0 Å². The standard InChI is InChI=1S/C12H15ClN4/c1-16(2)10-4-6-17(8-10)12-11(13)9(7-14)3-5-15-12/h3,5,10H,4,6,8H2,1-2H3. The van der Waals surface area contributed by atoms with Crippen LogP contribution in [0.15, 0.2) is 12.3 Å². The van der Waals surface area contributed by atoms with E-state index in [2.05, 4.69) is 34.9 Å². The normalized spacial score (nSPS) is 19.7. The van der Waals surface area contributed by atoms with Crippen LogP contribution in [0.25, 0.3) is 0 Å². The number of halogens is 1. The SMILES string of the molecule is CN(C)C1CCN(c2nccc(C#N)c2Cl)C1. The molecule has 0 spiro atoms. The summed E-state index contributed by atoms with van der Waals surface area (Å²) in [5.41, 5.74) is 0.491. The Hall–Kier alpha value is -1.31. The highest BCUT2D eigenvalue weighted by atomic mass is 35.5. The first-order valence-corrected chi connectivity index (χ1v) is 5.97. The first kappa shape index (κ1) is 12.2. The molecular formula is C12H15ClN4. The fourth-order valence-corrected chi connectivity index (χ4v) is 2.37. The van der Waals surface area contributed by atoms with E-state index in [1.807, 2.05) is 0 Å². The number of aromatic nitrogens is 1. The topological polar surface area (TPSA) is 43.2 Å². The average molecular weight is 251 g/mol. The van der Waals surface area contributed by atoms with E-state index in [1.54, 1.807) is 12.3 Å². The predicted molar refractivity (Wildman–Crippen MR) is 68.3 cm³/mol. The van der Waals surface area contributed by atoms with Crippen molar-refractivity contribution in [3.8, 4) is 6.07 Å². The fraction of sp³-hybridized carbons (Fsp3) is 0.500. The molecule has 0 aliphatic carbocycles. The third-order valence-electron chi connectivity index (χ3n) is 3.18. The number of hydrogen-bond donors (Lipinski definition) is 0. The van der Waals surface area contributed by atoms with Gasteiger partial charge in [0, 0.05) is 25.3 Å². The number of likely N-dealkylation sites (N-methyl/N-ethyl adjacent to an activating group) is 1. The Balaban J connectivity index is 2.23. The minimum Gasteiger partial charge on any atom is -0.354 e. The number of pyridine rings is 1. The number of rotatable bonds is 2. The summed E-state index contributed by atoms with van der Waals surface area (Å²) in [5, 5.41) is 9.40. The van der Waals surface area contributed by atoms with Crippen LogP contribution >= 0.6 is 11.6 Å². The molecule has 1 saturated heterocycles.